The number of halogens is 1. The highest BCUT2D eigenvalue weighted by molar-refractivity contribution is 6.06. The molecule has 0 aromatic heterocycles. The minimum Gasteiger partial charge on any atom is -0.478 e. The van der Waals surface area contributed by atoms with Crippen LogP contribution in [0.3, 0.4) is 0 Å². The summed E-state index contributed by atoms with van der Waals surface area (Å²) in [6, 6.07) is 9.65. The number of allylic oxidation sites excluding steroid dienone is 2. The van der Waals surface area contributed by atoms with Crippen molar-refractivity contribution >= 4 is 29.5 Å². The number of carbonyl (C=O) groups is 4. The monoisotopic (exact) mass is 498 g/mol. The van der Waals surface area contributed by atoms with E-state index in [1.165, 1.54) is 56.3 Å². The van der Waals surface area contributed by atoms with Crippen molar-refractivity contribution in [2.45, 2.75) is 32.8 Å². The molecule has 1 fully saturated rings. The molecule has 4 rings (SSSR count). The highest BCUT2D eigenvalue weighted by Crippen LogP contribution is 2.58. The zero-order chi connectivity index (χ0) is 26.9. The summed E-state index contributed by atoms with van der Waals surface area (Å²) in [4.78, 5) is 44.6. The van der Waals surface area contributed by atoms with Crippen LogP contribution in [-0.4, -0.2) is 49.9 Å². The lowest BCUT2D eigenvalue weighted by atomic mass is 9.74. The van der Waals surface area contributed by atoms with Gasteiger partial charge in [0.2, 0.25) is 0 Å². The van der Waals surface area contributed by atoms with E-state index in [4.69, 9.17) is 14.9 Å². The fraction of sp³-hybridized carbons (Fsp3) is 0.231. The van der Waals surface area contributed by atoms with Crippen LogP contribution in [0.2, 0.25) is 0 Å². The van der Waals surface area contributed by atoms with Crippen LogP contribution in [0.4, 0.5) is 4.39 Å². The van der Waals surface area contributed by atoms with E-state index in [1.807, 2.05) is 0 Å². The number of ether oxygens (including phenoxy) is 1. The summed E-state index contributed by atoms with van der Waals surface area (Å²) in [7, 11) is 0. The summed E-state index contributed by atoms with van der Waals surface area (Å²) in [6.45, 7) is 4.81. The van der Waals surface area contributed by atoms with Gasteiger partial charge in [0.15, 0.2) is 5.76 Å². The molecule has 2 aliphatic rings. The molecule has 0 amide bonds. The molecule has 1 aliphatic carbocycles. The first-order chi connectivity index (χ1) is 16.9. The van der Waals surface area contributed by atoms with Crippen LogP contribution in [0.15, 0.2) is 59.4 Å². The Kier molecular flexibility index (Phi) is 7.01. The van der Waals surface area contributed by atoms with Gasteiger partial charge in [-0.05, 0) is 54.3 Å². The topological polar surface area (TPSA) is 162 Å². The smallest absolute Gasteiger partial charge is 0.356 e. The standard InChI is InChI=1S/C17H15FO5.C9H8O4/c1-3-11-13(9-4-6-10(18)7-5-9)12(15(19)20)8(2)17(16(21)22)14(11)23-17;1-5-6(8(10)11)3-2-4-7(5)9(12)13/h4-8H,3H2,1-2H3,(H,19,20)(H,21,22);2-4H,1H3,(H,10,11)(H,12,13)/t8?,17-;/m0./s1. The zero-order valence-electron chi connectivity index (χ0n) is 19.5. The second-order valence-corrected chi connectivity index (χ2v) is 8.21. The Labute approximate surface area is 204 Å². The number of carboxylic acids is 4. The quantitative estimate of drug-likeness (QED) is 0.427. The second-order valence-electron chi connectivity index (χ2n) is 8.21. The number of hydrogen-bond donors (Lipinski definition) is 4. The first kappa shape index (κ1) is 26.1. The summed E-state index contributed by atoms with van der Waals surface area (Å²) in [5.74, 6) is -5.57. The molecule has 0 spiro atoms. The summed E-state index contributed by atoms with van der Waals surface area (Å²) in [6.07, 6.45) is 0.417. The molecule has 0 saturated carbocycles. The van der Waals surface area contributed by atoms with Crippen molar-refractivity contribution in [2.24, 2.45) is 5.92 Å². The van der Waals surface area contributed by atoms with Gasteiger partial charge < -0.3 is 25.2 Å². The fourth-order valence-electron chi connectivity index (χ4n) is 4.40. The Hall–Kier alpha value is -4.47. The molecule has 36 heavy (non-hydrogen) atoms. The van der Waals surface area contributed by atoms with Crippen molar-refractivity contribution in [2.75, 3.05) is 0 Å². The Morgan fingerprint density at radius 2 is 1.44 bits per heavy atom. The van der Waals surface area contributed by atoms with Gasteiger partial charge in [-0.25, -0.2) is 23.6 Å². The van der Waals surface area contributed by atoms with Crippen LogP contribution in [0.1, 0.15) is 52.1 Å². The van der Waals surface area contributed by atoms with E-state index in [1.54, 1.807) is 6.92 Å². The van der Waals surface area contributed by atoms with Crippen molar-refractivity contribution in [3.63, 3.8) is 0 Å². The Morgan fingerprint density at radius 1 is 0.917 bits per heavy atom. The summed E-state index contributed by atoms with van der Waals surface area (Å²) < 4.78 is 18.6. The van der Waals surface area contributed by atoms with Gasteiger partial charge in [0, 0.05) is 11.5 Å². The van der Waals surface area contributed by atoms with Gasteiger partial charge in [0.1, 0.15) is 5.82 Å². The third kappa shape index (κ3) is 4.33. The van der Waals surface area contributed by atoms with E-state index in [2.05, 4.69) is 0 Å². The van der Waals surface area contributed by atoms with Gasteiger partial charge in [-0.3, -0.25) is 0 Å². The molecule has 9 nitrogen and oxygen atoms in total. The largest absolute Gasteiger partial charge is 0.478 e. The number of aromatic carboxylic acids is 2. The van der Waals surface area contributed by atoms with E-state index in [9.17, 15) is 33.8 Å². The molecule has 1 saturated heterocycles. The molecule has 0 bridgehead atoms. The van der Waals surface area contributed by atoms with Crippen LogP contribution >= 0.6 is 0 Å². The second kappa shape index (κ2) is 9.65. The summed E-state index contributed by atoms with van der Waals surface area (Å²) in [5, 5.41) is 36.5. The maximum Gasteiger partial charge on any atom is 0.356 e. The average Bonchev–Trinajstić information content (AvgIpc) is 3.57. The lowest BCUT2D eigenvalue weighted by Crippen LogP contribution is -2.37. The molecular weight excluding hydrogens is 475 g/mol. The van der Waals surface area contributed by atoms with E-state index in [-0.39, 0.29) is 22.3 Å². The molecule has 1 heterocycles. The minimum absolute atomic E-state index is 0.0166. The van der Waals surface area contributed by atoms with Crippen molar-refractivity contribution < 1.29 is 48.7 Å². The molecule has 2 aromatic carbocycles. The molecular formula is C26H23FO9. The van der Waals surface area contributed by atoms with Gasteiger partial charge in [-0.15, -0.1) is 0 Å². The van der Waals surface area contributed by atoms with Gasteiger partial charge in [0.25, 0.3) is 5.60 Å². The SMILES string of the molecule is CCC1=C2O[C@@]2(C(=O)O)C(C)C(C(=O)O)=C1c1ccc(F)cc1.Cc1c(C(=O)O)cccc1C(=O)O. The van der Waals surface area contributed by atoms with Crippen LogP contribution < -0.4 is 0 Å². The third-order valence-corrected chi connectivity index (χ3v) is 6.28. The zero-order valence-corrected chi connectivity index (χ0v) is 19.5. The molecule has 4 N–H and O–H groups in total. The van der Waals surface area contributed by atoms with E-state index < -0.39 is 41.2 Å². The van der Waals surface area contributed by atoms with Gasteiger partial charge in [-0.1, -0.05) is 32.0 Å². The van der Waals surface area contributed by atoms with Crippen molar-refractivity contribution in [1.82, 2.24) is 0 Å². The Morgan fingerprint density at radius 3 is 1.86 bits per heavy atom. The predicted molar refractivity (Wildman–Crippen MR) is 124 cm³/mol. The lowest BCUT2D eigenvalue weighted by molar-refractivity contribution is -0.145. The molecule has 188 valence electrons. The van der Waals surface area contributed by atoms with Gasteiger partial charge in [-0.2, -0.15) is 0 Å². The number of hydrogen-bond acceptors (Lipinski definition) is 5. The van der Waals surface area contributed by atoms with Crippen molar-refractivity contribution in [3.8, 4) is 0 Å². The van der Waals surface area contributed by atoms with E-state index in [0.717, 1.165) is 0 Å². The molecule has 2 aromatic rings. The minimum atomic E-state index is -1.58. The molecule has 1 unspecified atom stereocenters. The third-order valence-electron chi connectivity index (χ3n) is 6.28. The maximum atomic E-state index is 13.2. The van der Waals surface area contributed by atoms with Gasteiger partial charge >= 0.3 is 23.9 Å². The first-order valence-corrected chi connectivity index (χ1v) is 10.8. The van der Waals surface area contributed by atoms with Crippen LogP contribution in [0.5, 0.6) is 0 Å². The van der Waals surface area contributed by atoms with Crippen molar-refractivity contribution in [1.29, 1.82) is 0 Å². The molecule has 10 heteroatoms. The highest BCUT2D eigenvalue weighted by atomic mass is 19.1. The molecule has 1 aliphatic heterocycles. The first-order valence-electron chi connectivity index (χ1n) is 10.8. The Bertz CT molecular complexity index is 1310. The average molecular weight is 498 g/mol. The van der Waals surface area contributed by atoms with Crippen LogP contribution in [0.25, 0.3) is 5.57 Å². The molecule has 0 radical (unpaired) electrons. The number of epoxide rings is 1. The summed E-state index contributed by atoms with van der Waals surface area (Å²) >= 11 is 0. The highest BCUT2D eigenvalue weighted by Gasteiger charge is 2.69. The lowest BCUT2D eigenvalue weighted by Gasteiger charge is -2.24. The number of fused-ring (bicyclic) bond motifs is 1. The van der Waals surface area contributed by atoms with E-state index in [0.29, 0.717) is 28.9 Å². The number of benzene rings is 2. The van der Waals surface area contributed by atoms with Crippen LogP contribution in [0, 0.1) is 18.7 Å². The summed E-state index contributed by atoms with van der Waals surface area (Å²) in [5.41, 5.74) is 0.253. The molecule has 2 atom stereocenters. The number of rotatable bonds is 6. The Balaban J connectivity index is 0.000000236. The predicted octanol–water partition coefficient (Wildman–Crippen LogP) is 4.22. The number of aliphatic carboxylic acids is 2. The fourth-order valence-corrected chi connectivity index (χ4v) is 4.40. The van der Waals surface area contributed by atoms with Crippen LogP contribution in [-0.2, 0) is 14.3 Å². The maximum absolute atomic E-state index is 13.2. The van der Waals surface area contributed by atoms with E-state index >= 15 is 0 Å². The van der Waals surface area contributed by atoms with Gasteiger partial charge in [0.05, 0.1) is 16.7 Å². The van der Waals surface area contributed by atoms with Crippen molar-refractivity contribution in [3.05, 3.63) is 87.4 Å². The normalized spacial score (nSPS) is 19.9. The number of carboxylic acid groups (broad SMARTS) is 4.